The largest absolute Gasteiger partial charge is 1.00 e. The number of nitrogens with one attached hydrogen (secondary N) is 1. The third-order valence-corrected chi connectivity index (χ3v) is 4.24. The Kier molecular flexibility index (Phi) is 22.2. The number of carbonyl (C=O) groups is 2. The van der Waals surface area contributed by atoms with Gasteiger partial charge < -0.3 is 15.2 Å². The number of carboxylic acid groups (broad SMARTS) is 1. The Balaban J connectivity index is 0. The molecule has 1 amide bonds. The summed E-state index contributed by atoms with van der Waals surface area (Å²) in [6.07, 6.45) is 16.9. The van der Waals surface area contributed by atoms with Crippen LogP contribution in [0.25, 0.3) is 0 Å². The fourth-order valence-electron chi connectivity index (χ4n) is 2.68. The molecule has 24 heavy (non-hydrogen) atoms. The molecular formula is C19H36KNO3. The first kappa shape index (κ1) is 26.8. The van der Waals surface area contributed by atoms with Crippen molar-refractivity contribution < 1.29 is 66.1 Å². The fourth-order valence-corrected chi connectivity index (χ4v) is 2.68. The van der Waals surface area contributed by atoms with Crippen LogP contribution in [0.1, 0.15) is 104 Å². The van der Waals surface area contributed by atoms with Crippen molar-refractivity contribution in [1.82, 2.24) is 5.32 Å². The van der Waals surface area contributed by atoms with E-state index >= 15 is 0 Å². The molecule has 0 aromatic carbocycles. The summed E-state index contributed by atoms with van der Waals surface area (Å²) in [5.41, 5.74) is 0. The number of aliphatic carboxylic acids is 1. The van der Waals surface area contributed by atoms with Crippen molar-refractivity contribution in [3.63, 3.8) is 0 Å². The first-order valence-electron chi connectivity index (χ1n) is 9.58. The number of hydrogen-bond acceptors (Lipinski definition) is 3. The van der Waals surface area contributed by atoms with Gasteiger partial charge in [0.15, 0.2) is 0 Å². The number of hydrogen-bond donors (Lipinski definition) is 1. The number of carbonyl (C=O) groups excluding carboxylic acids is 2. The minimum absolute atomic E-state index is 0. The van der Waals surface area contributed by atoms with Crippen LogP contribution in [0, 0.1) is 0 Å². The summed E-state index contributed by atoms with van der Waals surface area (Å²) in [4.78, 5) is 22.0. The Morgan fingerprint density at radius 3 is 1.54 bits per heavy atom. The van der Waals surface area contributed by atoms with Gasteiger partial charge in [-0.2, -0.15) is 0 Å². The average Bonchev–Trinajstić information content (AvgIpc) is 2.51. The van der Waals surface area contributed by atoms with E-state index in [-0.39, 0.29) is 57.3 Å². The van der Waals surface area contributed by atoms with Crippen LogP contribution in [0.3, 0.4) is 0 Å². The van der Waals surface area contributed by atoms with E-state index in [1.807, 2.05) is 0 Å². The normalized spacial score (nSPS) is 11.6. The summed E-state index contributed by atoms with van der Waals surface area (Å²) < 4.78 is 0. The first-order chi connectivity index (χ1) is 11.1. The van der Waals surface area contributed by atoms with Gasteiger partial charge in [0.2, 0.25) is 5.91 Å². The van der Waals surface area contributed by atoms with E-state index in [4.69, 9.17) is 0 Å². The van der Waals surface area contributed by atoms with Gasteiger partial charge >= 0.3 is 51.4 Å². The Morgan fingerprint density at radius 2 is 1.17 bits per heavy atom. The molecule has 1 atom stereocenters. The second kappa shape index (κ2) is 19.9. The third kappa shape index (κ3) is 18.9. The van der Waals surface area contributed by atoms with Crippen molar-refractivity contribution in [3.8, 4) is 0 Å². The maximum Gasteiger partial charge on any atom is 1.00 e. The van der Waals surface area contributed by atoms with Gasteiger partial charge in [0.1, 0.15) is 0 Å². The van der Waals surface area contributed by atoms with Crippen LogP contribution in [-0.4, -0.2) is 17.9 Å². The molecule has 0 aliphatic heterocycles. The van der Waals surface area contributed by atoms with E-state index in [9.17, 15) is 14.7 Å². The molecule has 0 radical (unpaired) electrons. The van der Waals surface area contributed by atoms with Crippen molar-refractivity contribution in [2.24, 2.45) is 0 Å². The van der Waals surface area contributed by atoms with Gasteiger partial charge in [0.25, 0.3) is 0 Å². The Morgan fingerprint density at radius 1 is 0.792 bits per heavy atom. The molecule has 0 saturated carbocycles. The molecular weight excluding hydrogens is 329 g/mol. The van der Waals surface area contributed by atoms with Gasteiger partial charge in [0.05, 0.1) is 12.0 Å². The van der Waals surface area contributed by atoms with Gasteiger partial charge in [-0.25, -0.2) is 0 Å². The summed E-state index contributed by atoms with van der Waals surface area (Å²) in [5, 5.41) is 12.9. The summed E-state index contributed by atoms with van der Waals surface area (Å²) in [7, 11) is 0. The maximum absolute atomic E-state index is 11.5. The standard InChI is InChI=1S/C19H37NO3.K/c1-3-4-5-6-7-8-9-10-11-12-13-14-15-16-18(21)20-17(2)19(22)23;/h17H,3-16H2,1-2H3,(H,20,21)(H,22,23);/q;+1/p-1. The van der Waals surface area contributed by atoms with E-state index in [0.29, 0.717) is 6.42 Å². The van der Waals surface area contributed by atoms with Crippen molar-refractivity contribution >= 4 is 11.9 Å². The second-order valence-electron chi connectivity index (χ2n) is 6.60. The summed E-state index contributed by atoms with van der Waals surface area (Å²) >= 11 is 0. The van der Waals surface area contributed by atoms with Crippen LogP contribution in [0.5, 0.6) is 0 Å². The summed E-state index contributed by atoms with van der Waals surface area (Å²) in [6, 6.07) is -0.899. The van der Waals surface area contributed by atoms with E-state index in [0.717, 1.165) is 12.8 Å². The molecule has 0 spiro atoms. The summed E-state index contributed by atoms with van der Waals surface area (Å²) in [5.74, 6) is -1.42. The minimum atomic E-state index is -1.23. The first-order valence-corrected chi connectivity index (χ1v) is 9.58. The molecule has 0 aliphatic rings. The van der Waals surface area contributed by atoms with Crippen LogP contribution >= 0.6 is 0 Å². The molecule has 1 unspecified atom stereocenters. The number of carboxylic acids is 1. The van der Waals surface area contributed by atoms with Crippen molar-refractivity contribution in [2.75, 3.05) is 0 Å². The Labute approximate surface area is 191 Å². The predicted molar refractivity (Wildman–Crippen MR) is 92.9 cm³/mol. The zero-order valence-electron chi connectivity index (χ0n) is 16.2. The van der Waals surface area contributed by atoms with Gasteiger partial charge in [-0.05, 0) is 13.3 Å². The molecule has 0 aromatic heterocycles. The van der Waals surface area contributed by atoms with Crippen LogP contribution in [-0.2, 0) is 9.59 Å². The third-order valence-electron chi connectivity index (χ3n) is 4.24. The van der Waals surface area contributed by atoms with E-state index in [1.165, 1.54) is 77.6 Å². The monoisotopic (exact) mass is 365 g/mol. The molecule has 0 fully saturated rings. The Hall–Kier alpha value is 0.576. The maximum atomic E-state index is 11.5. The number of unbranched alkanes of at least 4 members (excludes halogenated alkanes) is 12. The molecule has 0 aromatic rings. The predicted octanol–water partition coefficient (Wildman–Crippen LogP) is 0.726. The van der Waals surface area contributed by atoms with E-state index in [2.05, 4.69) is 12.2 Å². The average molecular weight is 366 g/mol. The van der Waals surface area contributed by atoms with Crippen LogP contribution in [0.2, 0.25) is 0 Å². The number of amides is 1. The fraction of sp³-hybridized carbons (Fsp3) is 0.895. The van der Waals surface area contributed by atoms with Crippen LogP contribution in [0.15, 0.2) is 0 Å². The van der Waals surface area contributed by atoms with E-state index in [1.54, 1.807) is 0 Å². The van der Waals surface area contributed by atoms with Crippen molar-refractivity contribution in [1.29, 1.82) is 0 Å². The minimum Gasteiger partial charge on any atom is -0.548 e. The molecule has 5 heteroatoms. The molecule has 0 rings (SSSR count). The molecule has 1 N–H and O–H groups in total. The zero-order valence-corrected chi connectivity index (χ0v) is 19.3. The quantitative estimate of drug-likeness (QED) is 0.324. The smallest absolute Gasteiger partial charge is 0.548 e. The van der Waals surface area contributed by atoms with Gasteiger partial charge in [0, 0.05) is 6.42 Å². The SMILES string of the molecule is CCCCCCCCCCCCCCCC(=O)NC(C)C(=O)[O-].[K+]. The van der Waals surface area contributed by atoms with E-state index < -0.39 is 12.0 Å². The molecule has 4 nitrogen and oxygen atoms in total. The molecule has 0 saturated heterocycles. The molecule has 136 valence electrons. The zero-order chi connectivity index (χ0) is 17.3. The van der Waals surface area contributed by atoms with Crippen LogP contribution < -0.4 is 61.8 Å². The van der Waals surface area contributed by atoms with Crippen molar-refractivity contribution in [3.05, 3.63) is 0 Å². The van der Waals surface area contributed by atoms with Crippen LogP contribution in [0.4, 0.5) is 0 Å². The molecule has 0 bridgehead atoms. The number of rotatable bonds is 16. The van der Waals surface area contributed by atoms with Gasteiger partial charge in [-0.3, -0.25) is 4.79 Å². The van der Waals surface area contributed by atoms with Gasteiger partial charge in [-0.1, -0.05) is 84.0 Å². The Bertz CT molecular complexity index is 311. The van der Waals surface area contributed by atoms with Crippen molar-refractivity contribution in [2.45, 2.75) is 110 Å². The second-order valence-corrected chi connectivity index (χ2v) is 6.60. The molecule has 0 aliphatic carbocycles. The van der Waals surface area contributed by atoms with Gasteiger partial charge in [-0.15, -0.1) is 0 Å². The molecule has 0 heterocycles. The topological polar surface area (TPSA) is 69.2 Å². The summed E-state index contributed by atoms with van der Waals surface area (Å²) in [6.45, 7) is 3.68.